The summed E-state index contributed by atoms with van der Waals surface area (Å²) in [5, 5.41) is 10.4. The third kappa shape index (κ3) is 2.87. The first-order chi connectivity index (χ1) is 9.65. The van der Waals surface area contributed by atoms with Gasteiger partial charge < -0.3 is 5.11 Å². The third-order valence-corrected chi connectivity index (χ3v) is 4.24. The maximum absolute atomic E-state index is 13.4. The lowest BCUT2D eigenvalue weighted by atomic mass is 9.99. The van der Waals surface area contributed by atoms with E-state index in [4.69, 9.17) is 11.6 Å². The Morgan fingerprint density at radius 2 is 1.85 bits per heavy atom. The van der Waals surface area contributed by atoms with Crippen molar-refractivity contribution in [1.29, 1.82) is 0 Å². The molecule has 2 aromatic carbocycles. The highest BCUT2D eigenvalue weighted by molar-refractivity contribution is 6.31. The van der Waals surface area contributed by atoms with Crippen molar-refractivity contribution < 1.29 is 9.50 Å². The van der Waals surface area contributed by atoms with Gasteiger partial charge in [0.15, 0.2) is 0 Å². The highest BCUT2D eigenvalue weighted by Crippen LogP contribution is 2.40. The Kier molecular flexibility index (Phi) is 3.77. The fourth-order valence-electron chi connectivity index (χ4n) is 2.44. The fourth-order valence-corrected chi connectivity index (χ4v) is 2.64. The highest BCUT2D eigenvalue weighted by atomic mass is 35.5. The van der Waals surface area contributed by atoms with E-state index in [0.717, 1.165) is 5.56 Å². The Labute approximate surface area is 123 Å². The van der Waals surface area contributed by atoms with Crippen LogP contribution in [0, 0.1) is 5.82 Å². The van der Waals surface area contributed by atoms with Gasteiger partial charge in [0, 0.05) is 6.42 Å². The van der Waals surface area contributed by atoms with Gasteiger partial charge in [0.25, 0.3) is 0 Å². The van der Waals surface area contributed by atoms with Crippen LogP contribution in [0.25, 0.3) is 0 Å². The average molecular weight is 291 g/mol. The van der Waals surface area contributed by atoms with Gasteiger partial charge in [0.2, 0.25) is 0 Å². The van der Waals surface area contributed by atoms with Crippen molar-refractivity contribution in [3.8, 4) is 0 Å². The maximum atomic E-state index is 13.4. The molecule has 1 saturated carbocycles. The minimum absolute atomic E-state index is 0.0983. The predicted octanol–water partition coefficient (Wildman–Crippen LogP) is 4.63. The van der Waals surface area contributed by atoms with E-state index in [-0.39, 0.29) is 5.02 Å². The SMILES string of the molecule is OC(Cc1cccc(F)c1Cl)c1ccc(C2CC2)cc1. The number of hydrogen-bond acceptors (Lipinski definition) is 1. The van der Waals surface area contributed by atoms with Crippen molar-refractivity contribution in [2.75, 3.05) is 0 Å². The molecule has 104 valence electrons. The Balaban J connectivity index is 1.74. The van der Waals surface area contributed by atoms with Crippen LogP contribution in [-0.2, 0) is 6.42 Å². The smallest absolute Gasteiger partial charge is 0.142 e. The third-order valence-electron chi connectivity index (χ3n) is 3.81. The van der Waals surface area contributed by atoms with Crippen LogP contribution < -0.4 is 0 Å². The Bertz CT molecular complexity index is 605. The van der Waals surface area contributed by atoms with Gasteiger partial charge in [-0.2, -0.15) is 0 Å². The summed E-state index contributed by atoms with van der Waals surface area (Å²) in [6.07, 6.45) is 2.18. The Hall–Kier alpha value is -1.38. The van der Waals surface area contributed by atoms with E-state index in [1.54, 1.807) is 12.1 Å². The monoisotopic (exact) mass is 290 g/mol. The van der Waals surface area contributed by atoms with Gasteiger partial charge in [-0.1, -0.05) is 48.0 Å². The van der Waals surface area contributed by atoms with E-state index in [9.17, 15) is 9.50 Å². The van der Waals surface area contributed by atoms with Gasteiger partial charge in [-0.3, -0.25) is 0 Å². The zero-order chi connectivity index (χ0) is 14.1. The molecule has 0 heterocycles. The fraction of sp³-hybridized carbons (Fsp3) is 0.294. The van der Waals surface area contributed by atoms with Crippen LogP contribution in [0.2, 0.25) is 5.02 Å². The van der Waals surface area contributed by atoms with Crippen LogP contribution in [0.15, 0.2) is 42.5 Å². The van der Waals surface area contributed by atoms with Crippen LogP contribution >= 0.6 is 11.6 Å². The topological polar surface area (TPSA) is 20.2 Å². The average Bonchev–Trinajstić information content (AvgIpc) is 3.29. The first kappa shape index (κ1) is 13.6. The van der Waals surface area contributed by atoms with E-state index in [0.29, 0.717) is 17.9 Å². The second kappa shape index (κ2) is 5.55. The molecule has 0 aliphatic heterocycles. The molecular formula is C17H16ClFO. The van der Waals surface area contributed by atoms with Crippen LogP contribution in [-0.4, -0.2) is 5.11 Å². The Morgan fingerprint density at radius 1 is 1.15 bits per heavy atom. The number of rotatable bonds is 4. The summed E-state index contributed by atoms with van der Waals surface area (Å²) in [6, 6.07) is 12.7. The van der Waals surface area contributed by atoms with Gasteiger partial charge in [-0.05, 0) is 41.5 Å². The van der Waals surface area contributed by atoms with Crippen molar-refractivity contribution in [1.82, 2.24) is 0 Å². The lowest BCUT2D eigenvalue weighted by molar-refractivity contribution is 0.178. The molecule has 1 unspecified atom stereocenters. The van der Waals surface area contributed by atoms with Crippen molar-refractivity contribution >= 4 is 11.6 Å². The summed E-state index contributed by atoms with van der Waals surface area (Å²) in [7, 11) is 0. The van der Waals surface area contributed by atoms with Crippen LogP contribution in [0.5, 0.6) is 0 Å². The molecule has 1 nitrogen and oxygen atoms in total. The van der Waals surface area contributed by atoms with E-state index in [1.165, 1.54) is 24.5 Å². The minimum Gasteiger partial charge on any atom is -0.388 e. The molecule has 0 spiro atoms. The molecule has 3 rings (SSSR count). The molecule has 0 bridgehead atoms. The zero-order valence-electron chi connectivity index (χ0n) is 11.0. The van der Waals surface area contributed by atoms with Crippen LogP contribution in [0.3, 0.4) is 0 Å². The minimum atomic E-state index is -0.664. The first-order valence-corrected chi connectivity index (χ1v) is 7.24. The number of aliphatic hydroxyl groups is 1. The second-order valence-electron chi connectivity index (χ2n) is 5.37. The lowest BCUT2D eigenvalue weighted by Gasteiger charge is -2.13. The van der Waals surface area contributed by atoms with E-state index >= 15 is 0 Å². The molecule has 0 saturated heterocycles. The normalized spacial score (nSPS) is 16.1. The number of benzene rings is 2. The summed E-state index contributed by atoms with van der Waals surface area (Å²) < 4.78 is 13.4. The molecule has 0 aromatic heterocycles. The van der Waals surface area contributed by atoms with Crippen LogP contribution in [0.4, 0.5) is 4.39 Å². The standard InChI is InChI=1S/C17H16ClFO/c18-17-14(2-1-3-15(17)19)10-16(20)13-8-6-12(7-9-13)11-4-5-11/h1-3,6-9,11,16,20H,4-5,10H2. The summed E-state index contributed by atoms with van der Waals surface area (Å²) in [5.74, 6) is 0.263. The second-order valence-corrected chi connectivity index (χ2v) is 5.75. The summed E-state index contributed by atoms with van der Waals surface area (Å²) in [6.45, 7) is 0. The van der Waals surface area contributed by atoms with Gasteiger partial charge in [0.05, 0.1) is 11.1 Å². The lowest BCUT2D eigenvalue weighted by Crippen LogP contribution is -2.03. The number of aliphatic hydroxyl groups excluding tert-OH is 1. The van der Waals surface area contributed by atoms with Crippen molar-refractivity contribution in [3.05, 3.63) is 70.0 Å². The van der Waals surface area contributed by atoms with Crippen LogP contribution in [0.1, 0.15) is 41.6 Å². The van der Waals surface area contributed by atoms with Gasteiger partial charge >= 0.3 is 0 Å². The van der Waals surface area contributed by atoms with E-state index < -0.39 is 11.9 Å². The quantitative estimate of drug-likeness (QED) is 0.870. The molecule has 1 N–H and O–H groups in total. The number of halogens is 2. The summed E-state index contributed by atoms with van der Waals surface area (Å²) >= 11 is 5.91. The molecule has 20 heavy (non-hydrogen) atoms. The van der Waals surface area contributed by atoms with Crippen molar-refractivity contribution in [2.24, 2.45) is 0 Å². The van der Waals surface area contributed by atoms with E-state index in [2.05, 4.69) is 12.1 Å². The van der Waals surface area contributed by atoms with Gasteiger partial charge in [-0.25, -0.2) is 4.39 Å². The maximum Gasteiger partial charge on any atom is 0.142 e. The summed E-state index contributed by atoms with van der Waals surface area (Å²) in [5.41, 5.74) is 2.81. The molecule has 0 amide bonds. The molecule has 1 aliphatic rings. The Morgan fingerprint density at radius 3 is 2.50 bits per heavy atom. The van der Waals surface area contributed by atoms with Crippen molar-refractivity contribution in [3.63, 3.8) is 0 Å². The van der Waals surface area contributed by atoms with Crippen molar-refractivity contribution in [2.45, 2.75) is 31.3 Å². The van der Waals surface area contributed by atoms with Gasteiger partial charge in [0.1, 0.15) is 5.82 Å². The van der Waals surface area contributed by atoms with E-state index in [1.807, 2.05) is 12.1 Å². The molecule has 1 aliphatic carbocycles. The molecule has 0 radical (unpaired) electrons. The largest absolute Gasteiger partial charge is 0.388 e. The number of hydrogen-bond donors (Lipinski definition) is 1. The molecule has 3 heteroatoms. The molecular weight excluding hydrogens is 275 g/mol. The highest BCUT2D eigenvalue weighted by Gasteiger charge is 2.23. The molecule has 1 fully saturated rings. The first-order valence-electron chi connectivity index (χ1n) is 6.86. The predicted molar refractivity (Wildman–Crippen MR) is 78.5 cm³/mol. The molecule has 2 aromatic rings. The zero-order valence-corrected chi connectivity index (χ0v) is 11.8. The summed E-state index contributed by atoms with van der Waals surface area (Å²) in [4.78, 5) is 0. The molecule has 1 atom stereocenters. The van der Waals surface area contributed by atoms with Gasteiger partial charge in [-0.15, -0.1) is 0 Å².